The number of piperidine rings is 1. The normalized spacial score (nSPS) is 16.3. The number of thiophene rings is 1. The predicted molar refractivity (Wildman–Crippen MR) is 86.9 cm³/mol. The molecular weight excluding hydrogens is 282 g/mol. The number of nitrogens with one attached hydrogen (secondary N) is 1. The lowest BCUT2D eigenvalue weighted by Crippen LogP contribution is -2.37. The third-order valence-electron chi connectivity index (χ3n) is 3.78. The summed E-state index contributed by atoms with van der Waals surface area (Å²) in [5.41, 5.74) is 6.55. The van der Waals surface area contributed by atoms with Crippen LogP contribution in [0.2, 0.25) is 0 Å². The van der Waals surface area contributed by atoms with Crippen LogP contribution in [0.4, 0.5) is 0 Å². The highest BCUT2D eigenvalue weighted by molar-refractivity contribution is 7.10. The Morgan fingerprint density at radius 2 is 2.29 bits per heavy atom. The first-order valence-electron chi connectivity index (χ1n) is 7.41. The Hall–Kier alpha value is -1.35. The maximum absolute atomic E-state index is 10.9. The first kappa shape index (κ1) is 16.0. The smallest absolute Gasteiger partial charge is 0.216 e. The molecule has 114 valence electrons. The van der Waals surface area contributed by atoms with E-state index in [-0.39, 0.29) is 5.91 Å². The molecule has 4 nitrogen and oxygen atoms in total. The number of hydrogen-bond acceptors (Lipinski definition) is 4. The fraction of sp³-hybridized carbons (Fsp3) is 0.562. The van der Waals surface area contributed by atoms with Crippen LogP contribution >= 0.6 is 11.3 Å². The van der Waals surface area contributed by atoms with E-state index in [1.807, 2.05) is 0 Å². The van der Waals surface area contributed by atoms with Gasteiger partial charge in [-0.05, 0) is 43.3 Å². The van der Waals surface area contributed by atoms with Gasteiger partial charge in [0.15, 0.2) is 0 Å². The molecular formula is C16H23N3OS. The molecule has 0 aliphatic carbocycles. The molecule has 0 aromatic carbocycles. The van der Waals surface area contributed by atoms with Gasteiger partial charge in [-0.15, -0.1) is 11.3 Å². The number of hydrogen-bond donors (Lipinski definition) is 2. The topological polar surface area (TPSA) is 58.4 Å². The van der Waals surface area contributed by atoms with Crippen LogP contribution in [0.3, 0.4) is 0 Å². The van der Waals surface area contributed by atoms with Crippen LogP contribution < -0.4 is 11.1 Å². The molecule has 1 saturated heterocycles. The fourth-order valence-corrected chi connectivity index (χ4v) is 3.43. The van der Waals surface area contributed by atoms with Gasteiger partial charge in [0.1, 0.15) is 0 Å². The molecule has 3 N–H and O–H groups in total. The van der Waals surface area contributed by atoms with E-state index in [0.717, 1.165) is 44.6 Å². The number of carbonyl (C=O) groups is 1. The van der Waals surface area contributed by atoms with Crippen molar-refractivity contribution < 1.29 is 4.79 Å². The number of nitrogens with two attached hydrogens (primary N) is 1. The molecule has 1 aliphatic rings. The monoisotopic (exact) mass is 305 g/mol. The SMILES string of the molecule is CC(=O)NCC1CCN(Cc2sccc2C#CCN)CC1. The maximum atomic E-state index is 10.9. The molecule has 2 rings (SSSR count). The van der Waals surface area contributed by atoms with Crippen LogP contribution in [0.15, 0.2) is 11.4 Å². The molecule has 0 radical (unpaired) electrons. The highest BCUT2D eigenvalue weighted by atomic mass is 32.1. The van der Waals surface area contributed by atoms with Gasteiger partial charge in [-0.2, -0.15) is 0 Å². The summed E-state index contributed by atoms with van der Waals surface area (Å²) in [5.74, 6) is 6.76. The second kappa shape index (κ2) is 8.18. The van der Waals surface area contributed by atoms with Gasteiger partial charge in [-0.1, -0.05) is 11.8 Å². The van der Waals surface area contributed by atoms with Crippen LogP contribution in [0.1, 0.15) is 30.2 Å². The second-order valence-corrected chi connectivity index (χ2v) is 6.42. The van der Waals surface area contributed by atoms with Crippen molar-refractivity contribution in [1.29, 1.82) is 0 Å². The minimum Gasteiger partial charge on any atom is -0.356 e. The zero-order chi connectivity index (χ0) is 15.1. The Morgan fingerprint density at radius 3 is 2.95 bits per heavy atom. The van der Waals surface area contributed by atoms with E-state index >= 15 is 0 Å². The molecule has 0 unspecified atom stereocenters. The van der Waals surface area contributed by atoms with Gasteiger partial charge in [0.2, 0.25) is 5.91 Å². The van der Waals surface area contributed by atoms with E-state index in [1.54, 1.807) is 18.3 Å². The summed E-state index contributed by atoms with van der Waals surface area (Å²) in [6.45, 7) is 5.95. The summed E-state index contributed by atoms with van der Waals surface area (Å²) in [7, 11) is 0. The van der Waals surface area contributed by atoms with Crippen molar-refractivity contribution in [3.8, 4) is 11.8 Å². The zero-order valence-electron chi connectivity index (χ0n) is 12.5. The van der Waals surface area contributed by atoms with Crippen molar-refractivity contribution >= 4 is 17.2 Å². The molecule has 5 heteroatoms. The van der Waals surface area contributed by atoms with Crippen molar-refractivity contribution in [1.82, 2.24) is 10.2 Å². The number of likely N-dealkylation sites (tertiary alicyclic amines) is 1. The fourth-order valence-electron chi connectivity index (χ4n) is 2.56. The highest BCUT2D eigenvalue weighted by Gasteiger charge is 2.20. The number of rotatable bonds is 4. The summed E-state index contributed by atoms with van der Waals surface area (Å²) in [6.07, 6.45) is 2.30. The molecule has 1 aromatic rings. The minimum atomic E-state index is 0.0686. The summed E-state index contributed by atoms with van der Waals surface area (Å²) in [4.78, 5) is 14.7. The minimum absolute atomic E-state index is 0.0686. The first-order valence-corrected chi connectivity index (χ1v) is 8.29. The number of carbonyl (C=O) groups excluding carboxylic acids is 1. The molecule has 0 bridgehead atoms. The standard InChI is InChI=1S/C16H23N3OS/c1-13(20)18-11-14-4-8-19(9-5-14)12-16-15(3-2-7-17)6-10-21-16/h6,10,14H,4-5,7-9,11-12,17H2,1H3,(H,18,20). The van der Waals surface area contributed by atoms with E-state index < -0.39 is 0 Å². The molecule has 21 heavy (non-hydrogen) atoms. The van der Waals surface area contributed by atoms with Gasteiger partial charge in [0, 0.05) is 30.5 Å². The van der Waals surface area contributed by atoms with Crippen molar-refractivity contribution in [3.05, 3.63) is 21.9 Å². The molecule has 0 saturated carbocycles. The van der Waals surface area contributed by atoms with Gasteiger partial charge >= 0.3 is 0 Å². The average Bonchev–Trinajstić information content (AvgIpc) is 2.91. The van der Waals surface area contributed by atoms with E-state index in [2.05, 4.69) is 33.5 Å². The molecule has 1 fully saturated rings. The van der Waals surface area contributed by atoms with E-state index in [4.69, 9.17) is 5.73 Å². The van der Waals surface area contributed by atoms with Gasteiger partial charge < -0.3 is 11.1 Å². The summed E-state index contributed by atoms with van der Waals surface area (Å²) in [5, 5.41) is 5.02. The van der Waals surface area contributed by atoms with Crippen LogP contribution in [0.5, 0.6) is 0 Å². The largest absolute Gasteiger partial charge is 0.356 e. The van der Waals surface area contributed by atoms with Gasteiger partial charge in [-0.3, -0.25) is 9.69 Å². The molecule has 1 amide bonds. The third kappa shape index (κ3) is 5.16. The van der Waals surface area contributed by atoms with E-state index in [9.17, 15) is 4.79 Å². The van der Waals surface area contributed by atoms with Crippen LogP contribution in [-0.2, 0) is 11.3 Å². The summed E-state index contributed by atoms with van der Waals surface area (Å²) >= 11 is 1.77. The Morgan fingerprint density at radius 1 is 1.52 bits per heavy atom. The lowest BCUT2D eigenvalue weighted by molar-refractivity contribution is -0.119. The number of nitrogens with zero attached hydrogens (tertiary/aromatic N) is 1. The number of amides is 1. The molecule has 0 atom stereocenters. The van der Waals surface area contributed by atoms with Crippen LogP contribution in [0, 0.1) is 17.8 Å². The van der Waals surface area contributed by atoms with Crippen LogP contribution in [0.25, 0.3) is 0 Å². The Bertz CT molecular complexity index is 521. The van der Waals surface area contributed by atoms with Gasteiger partial charge in [0.05, 0.1) is 6.54 Å². The van der Waals surface area contributed by atoms with E-state index in [0.29, 0.717) is 12.5 Å². The molecule has 0 spiro atoms. The third-order valence-corrected chi connectivity index (χ3v) is 4.69. The lowest BCUT2D eigenvalue weighted by Gasteiger charge is -2.31. The summed E-state index contributed by atoms with van der Waals surface area (Å²) < 4.78 is 0. The maximum Gasteiger partial charge on any atom is 0.216 e. The van der Waals surface area contributed by atoms with Crippen molar-refractivity contribution in [3.63, 3.8) is 0 Å². The Labute approximate surface area is 130 Å². The quantitative estimate of drug-likeness (QED) is 0.827. The Balaban J connectivity index is 1.81. The summed E-state index contributed by atoms with van der Waals surface area (Å²) in [6, 6.07) is 2.08. The zero-order valence-corrected chi connectivity index (χ0v) is 13.3. The highest BCUT2D eigenvalue weighted by Crippen LogP contribution is 2.22. The lowest BCUT2D eigenvalue weighted by atomic mass is 9.96. The average molecular weight is 305 g/mol. The van der Waals surface area contributed by atoms with Crippen molar-refractivity contribution in [2.24, 2.45) is 11.7 Å². The second-order valence-electron chi connectivity index (χ2n) is 5.42. The van der Waals surface area contributed by atoms with Crippen LogP contribution in [-0.4, -0.2) is 37.0 Å². The molecule has 2 heterocycles. The predicted octanol–water partition coefficient (Wildman–Crippen LogP) is 1.41. The first-order chi connectivity index (χ1) is 10.2. The molecule has 1 aliphatic heterocycles. The van der Waals surface area contributed by atoms with Gasteiger partial charge in [0.25, 0.3) is 0 Å². The van der Waals surface area contributed by atoms with Crippen molar-refractivity contribution in [2.45, 2.75) is 26.3 Å². The molecule has 1 aromatic heterocycles. The van der Waals surface area contributed by atoms with E-state index in [1.165, 1.54) is 4.88 Å². The van der Waals surface area contributed by atoms with Crippen molar-refractivity contribution in [2.75, 3.05) is 26.2 Å². The Kier molecular flexibility index (Phi) is 6.24. The van der Waals surface area contributed by atoms with Gasteiger partial charge in [-0.25, -0.2) is 0 Å².